The monoisotopic (exact) mass is 357 g/mol. The van der Waals surface area contributed by atoms with E-state index in [2.05, 4.69) is 13.8 Å². The van der Waals surface area contributed by atoms with Crippen LogP contribution in [0.25, 0.3) is 0 Å². The van der Waals surface area contributed by atoms with Crippen molar-refractivity contribution in [2.24, 2.45) is 0 Å². The molecule has 0 fully saturated rings. The van der Waals surface area contributed by atoms with Crippen molar-refractivity contribution in [2.45, 2.75) is 110 Å². The van der Waals surface area contributed by atoms with Crippen LogP contribution < -0.4 is 0 Å². The fourth-order valence-electron chi connectivity index (χ4n) is 2.55. The van der Waals surface area contributed by atoms with Crippen LogP contribution in [-0.2, 0) is 0 Å². The third kappa shape index (κ3) is 24.5. The van der Waals surface area contributed by atoms with Crippen molar-refractivity contribution in [3.05, 3.63) is 6.92 Å². The first-order valence-corrected chi connectivity index (χ1v) is 8.71. The first-order chi connectivity index (χ1) is 8.91. The van der Waals surface area contributed by atoms with Gasteiger partial charge in [0.2, 0.25) is 0 Å². The second kappa shape index (κ2) is 25.4. The predicted octanol–water partition coefficient (Wildman–Crippen LogP) is 7.01. The van der Waals surface area contributed by atoms with Gasteiger partial charge in [-0.3, -0.25) is 0 Å². The summed E-state index contributed by atoms with van der Waals surface area (Å²) >= 11 is 0. The molecule has 0 saturated carbocycles. The summed E-state index contributed by atoms with van der Waals surface area (Å²) in [4.78, 5) is 0. The third-order valence-corrected chi connectivity index (χ3v) is 3.85. The maximum atomic E-state index is 3.88. The molecule has 0 aliphatic rings. The Morgan fingerprint density at radius 1 is 0.500 bits per heavy atom. The van der Waals surface area contributed by atoms with E-state index in [-0.39, 0.29) is 46.5 Å². The number of hydrogen-bond acceptors (Lipinski definition) is 0. The number of rotatable bonds is 15. The molecule has 0 aromatic carbocycles. The molecule has 0 aromatic heterocycles. The Kier molecular flexibility index (Phi) is 33.5. The quantitative estimate of drug-likeness (QED) is 0.218. The molecule has 0 rings (SSSR count). The van der Waals surface area contributed by atoms with E-state index in [4.69, 9.17) is 0 Å². The Hall–Kier alpha value is 1.48. The summed E-state index contributed by atoms with van der Waals surface area (Å²) in [5.41, 5.74) is 0. The molecule has 20 heavy (non-hydrogen) atoms. The van der Waals surface area contributed by atoms with E-state index in [0.717, 1.165) is 6.42 Å². The van der Waals surface area contributed by atoms with Crippen LogP contribution in [0.3, 0.4) is 0 Å². The molecule has 0 aromatic rings. The zero-order valence-electron chi connectivity index (χ0n) is 13.4. The van der Waals surface area contributed by atoms with Crippen molar-refractivity contribution >= 4 is 46.5 Å². The van der Waals surface area contributed by atoms with Gasteiger partial charge in [-0.25, -0.2) is 0 Å². The minimum absolute atomic E-state index is 0. The van der Waals surface area contributed by atoms with Crippen LogP contribution in [0.15, 0.2) is 0 Å². The summed E-state index contributed by atoms with van der Waals surface area (Å²) in [5.74, 6) is 0. The van der Waals surface area contributed by atoms with Crippen molar-refractivity contribution in [2.75, 3.05) is 0 Å². The van der Waals surface area contributed by atoms with Crippen LogP contribution in [-0.4, -0.2) is 29.6 Å². The molecule has 1 radical (unpaired) electrons. The van der Waals surface area contributed by atoms with Crippen LogP contribution in [0.1, 0.15) is 110 Å². The molecule has 0 nitrogen and oxygen atoms in total. The summed E-state index contributed by atoms with van der Waals surface area (Å²) in [6, 6.07) is 0. The average Bonchev–Trinajstić information content (AvgIpc) is 2.39. The van der Waals surface area contributed by atoms with Gasteiger partial charge in [-0.2, -0.15) is 0 Å². The zero-order valence-corrected chi connectivity index (χ0v) is 15.1. The molecule has 0 amide bonds. The van der Waals surface area contributed by atoms with Gasteiger partial charge in [0, 0.05) is 0 Å². The molecule has 119 valence electrons. The van der Waals surface area contributed by atoms with Crippen molar-refractivity contribution in [1.82, 2.24) is 0 Å². The summed E-state index contributed by atoms with van der Waals surface area (Å²) in [6.45, 7) is 6.18. The topological polar surface area (TPSA) is 0 Å². The molecule has 0 aliphatic carbocycles. The Labute approximate surface area is 162 Å². The predicted molar refractivity (Wildman–Crippen MR) is 102 cm³/mol. The molecule has 0 aliphatic heterocycles. The van der Waals surface area contributed by atoms with E-state index >= 15 is 0 Å². The third-order valence-electron chi connectivity index (χ3n) is 3.85. The van der Waals surface area contributed by atoms with Gasteiger partial charge in [0.25, 0.3) is 0 Å². The Morgan fingerprint density at radius 2 is 0.750 bits per heavy atom. The van der Waals surface area contributed by atoms with E-state index in [9.17, 15) is 0 Å². The van der Waals surface area contributed by atoms with Crippen LogP contribution in [0.4, 0.5) is 0 Å². The van der Waals surface area contributed by atoms with Gasteiger partial charge < -0.3 is 0 Å². The average molecular weight is 358 g/mol. The SMILES string of the molecule is Br.[CH2]CCCCCCCCCCCCCCCCC.[NaH]. The number of unbranched alkanes of at least 4 members (excludes halogenated alkanes) is 15. The van der Waals surface area contributed by atoms with Crippen molar-refractivity contribution in [3.8, 4) is 0 Å². The first kappa shape index (κ1) is 26.4. The van der Waals surface area contributed by atoms with Gasteiger partial charge in [-0.1, -0.05) is 117 Å². The van der Waals surface area contributed by atoms with Crippen molar-refractivity contribution < 1.29 is 0 Å². The van der Waals surface area contributed by atoms with E-state index < -0.39 is 0 Å². The zero-order chi connectivity index (χ0) is 13.3. The summed E-state index contributed by atoms with van der Waals surface area (Å²) in [6.07, 6.45) is 22.8. The Morgan fingerprint density at radius 3 is 1.00 bits per heavy atom. The molecular weight excluding hydrogens is 319 g/mol. The van der Waals surface area contributed by atoms with E-state index in [1.165, 1.54) is 96.3 Å². The van der Waals surface area contributed by atoms with Gasteiger partial charge >= 0.3 is 29.6 Å². The summed E-state index contributed by atoms with van der Waals surface area (Å²) in [5, 5.41) is 0. The molecule has 0 atom stereocenters. The second-order valence-electron chi connectivity index (χ2n) is 5.80. The Bertz CT molecular complexity index is 123. The van der Waals surface area contributed by atoms with Crippen LogP contribution in [0.2, 0.25) is 0 Å². The van der Waals surface area contributed by atoms with Gasteiger partial charge in [-0.05, 0) is 0 Å². The second-order valence-corrected chi connectivity index (χ2v) is 5.80. The van der Waals surface area contributed by atoms with Gasteiger partial charge in [0.15, 0.2) is 0 Å². The van der Waals surface area contributed by atoms with Gasteiger partial charge in [-0.15, -0.1) is 17.0 Å². The fourth-order valence-corrected chi connectivity index (χ4v) is 2.55. The van der Waals surface area contributed by atoms with Crippen LogP contribution >= 0.6 is 17.0 Å². The van der Waals surface area contributed by atoms with E-state index in [1.807, 2.05) is 0 Å². The fraction of sp³-hybridized carbons (Fsp3) is 0.944. The minimum atomic E-state index is 0. The van der Waals surface area contributed by atoms with Crippen molar-refractivity contribution in [1.29, 1.82) is 0 Å². The van der Waals surface area contributed by atoms with E-state index in [0.29, 0.717) is 0 Å². The Balaban J connectivity index is -0.00000144. The normalized spacial score (nSPS) is 9.90. The van der Waals surface area contributed by atoms with Crippen LogP contribution in [0.5, 0.6) is 0 Å². The summed E-state index contributed by atoms with van der Waals surface area (Å²) in [7, 11) is 0. The number of halogens is 1. The van der Waals surface area contributed by atoms with Gasteiger partial charge in [0.05, 0.1) is 0 Å². The van der Waals surface area contributed by atoms with E-state index in [1.54, 1.807) is 0 Å². The van der Waals surface area contributed by atoms with Gasteiger partial charge in [0.1, 0.15) is 0 Å². The maximum absolute atomic E-state index is 3.88. The first-order valence-electron chi connectivity index (χ1n) is 8.71. The number of hydrogen-bond donors (Lipinski definition) is 0. The molecule has 0 N–H and O–H groups in total. The molecule has 0 heterocycles. The molecule has 0 saturated heterocycles. The molecule has 0 spiro atoms. The summed E-state index contributed by atoms with van der Waals surface area (Å²) < 4.78 is 0. The molecule has 0 unspecified atom stereocenters. The molecule has 0 bridgehead atoms. The van der Waals surface area contributed by atoms with Crippen molar-refractivity contribution in [3.63, 3.8) is 0 Å². The standard InChI is InChI=1S/C18H37.BrH.Na.H/c1-3-5-7-9-11-13-15-17-18-16-14-12-10-8-6-4-2;;;/h1,3-18H2,2H3;1H;;. The molecular formula is C18H39BrNa. The van der Waals surface area contributed by atoms with Crippen LogP contribution in [0, 0.1) is 6.92 Å². The molecule has 2 heteroatoms.